The quantitative estimate of drug-likeness (QED) is 0.437. The number of fused-ring (bicyclic) bond motifs is 5. The van der Waals surface area contributed by atoms with Crippen molar-refractivity contribution in [1.82, 2.24) is 0 Å². The van der Waals surface area contributed by atoms with Crippen LogP contribution in [0.15, 0.2) is 11.6 Å². The van der Waals surface area contributed by atoms with Gasteiger partial charge in [-0.15, -0.1) is 0 Å². The molecule has 0 bridgehead atoms. The molecule has 0 aromatic heterocycles. The van der Waals surface area contributed by atoms with Gasteiger partial charge in [-0.3, -0.25) is 4.79 Å². The number of rotatable bonds is 1. The van der Waals surface area contributed by atoms with E-state index in [-0.39, 0.29) is 12.1 Å². The lowest BCUT2D eigenvalue weighted by atomic mass is 9.45. The molecule has 0 aliphatic heterocycles. The van der Waals surface area contributed by atoms with Crippen molar-refractivity contribution < 1.29 is 9.53 Å². The van der Waals surface area contributed by atoms with Crippen LogP contribution in [0, 0.1) is 34.5 Å². The van der Waals surface area contributed by atoms with E-state index < -0.39 is 0 Å². The minimum Gasteiger partial charge on any atom is -0.463 e. The summed E-state index contributed by atoms with van der Waals surface area (Å²) in [7, 11) is 0. The van der Waals surface area contributed by atoms with Crippen molar-refractivity contribution in [2.75, 3.05) is 0 Å². The summed E-state index contributed by atoms with van der Waals surface area (Å²) in [5, 5.41) is 0. The molecule has 0 saturated heterocycles. The molecule has 0 heterocycles. The first-order valence-corrected chi connectivity index (χ1v) is 10.7. The molecule has 0 unspecified atom stereocenters. The molecule has 0 aromatic carbocycles. The van der Waals surface area contributed by atoms with Crippen LogP contribution in [0.2, 0.25) is 0 Å². The van der Waals surface area contributed by atoms with Crippen molar-refractivity contribution in [1.29, 1.82) is 0 Å². The van der Waals surface area contributed by atoms with E-state index in [9.17, 15) is 4.79 Å². The predicted octanol–water partition coefficient (Wildman–Crippen LogP) is 5.91. The number of carbonyl (C=O) groups is 1. The van der Waals surface area contributed by atoms with Gasteiger partial charge in [0.05, 0.1) is 0 Å². The summed E-state index contributed by atoms with van der Waals surface area (Å²) in [6.45, 7) is 8.98. The van der Waals surface area contributed by atoms with Crippen LogP contribution >= 0.6 is 0 Å². The first-order chi connectivity index (χ1) is 11.9. The van der Waals surface area contributed by atoms with Gasteiger partial charge in [-0.2, -0.15) is 0 Å². The van der Waals surface area contributed by atoms with E-state index in [1.807, 2.05) is 0 Å². The van der Waals surface area contributed by atoms with Gasteiger partial charge in [-0.25, -0.2) is 0 Å². The second-order valence-corrected chi connectivity index (χ2v) is 9.97. The van der Waals surface area contributed by atoms with Crippen LogP contribution in [-0.4, -0.2) is 12.1 Å². The zero-order chi connectivity index (χ0) is 17.8. The second kappa shape index (κ2) is 6.13. The number of allylic oxidation sites excluding steroid dienone is 2. The van der Waals surface area contributed by atoms with E-state index in [1.165, 1.54) is 44.9 Å². The molecule has 0 spiro atoms. The summed E-state index contributed by atoms with van der Waals surface area (Å²) in [6.07, 6.45) is 14.4. The highest BCUT2D eigenvalue weighted by molar-refractivity contribution is 5.66. The molecule has 7 atom stereocenters. The van der Waals surface area contributed by atoms with Crippen molar-refractivity contribution in [2.45, 2.75) is 91.6 Å². The number of ether oxygens (including phenoxy) is 1. The largest absolute Gasteiger partial charge is 0.463 e. The number of hydrogen-bond donors (Lipinski definition) is 0. The summed E-state index contributed by atoms with van der Waals surface area (Å²) in [6, 6.07) is 0. The lowest BCUT2D eigenvalue weighted by Crippen LogP contribution is -2.53. The summed E-state index contributed by atoms with van der Waals surface area (Å²) >= 11 is 0. The third-order valence-corrected chi connectivity index (χ3v) is 9.15. The van der Waals surface area contributed by atoms with Gasteiger partial charge >= 0.3 is 5.97 Å². The molecule has 0 radical (unpaired) electrons. The standard InChI is InChI=1S/C23H36O2/c1-5-16-7-9-20-19-8-6-17-14-18(25-15(2)24)10-12-23(17,4)21(19)11-13-22(16,20)3/h5,17-21H,6-14H2,1-4H3/b16-5-/t17-,18-,19+,20+,21+,22-,23-/m0/s1. The Bertz CT molecular complexity index is 579. The average Bonchev–Trinajstić information content (AvgIpc) is 2.91. The fourth-order valence-corrected chi connectivity index (χ4v) is 7.88. The Kier molecular flexibility index (Phi) is 4.32. The van der Waals surface area contributed by atoms with Crippen molar-refractivity contribution in [3.63, 3.8) is 0 Å². The third kappa shape index (κ3) is 2.61. The first-order valence-electron chi connectivity index (χ1n) is 10.7. The smallest absolute Gasteiger partial charge is 0.302 e. The van der Waals surface area contributed by atoms with Crippen LogP contribution in [0.25, 0.3) is 0 Å². The molecule has 4 aliphatic carbocycles. The molecule has 0 aromatic rings. The molecule has 4 rings (SSSR count). The maximum absolute atomic E-state index is 11.4. The van der Waals surface area contributed by atoms with Gasteiger partial charge in [0.25, 0.3) is 0 Å². The predicted molar refractivity (Wildman–Crippen MR) is 101 cm³/mol. The molecule has 0 amide bonds. The van der Waals surface area contributed by atoms with E-state index >= 15 is 0 Å². The van der Waals surface area contributed by atoms with Crippen LogP contribution in [0.5, 0.6) is 0 Å². The van der Waals surface area contributed by atoms with Crippen molar-refractivity contribution in [2.24, 2.45) is 34.5 Å². The molecule has 2 heteroatoms. The Hall–Kier alpha value is -0.790. The van der Waals surface area contributed by atoms with Crippen molar-refractivity contribution >= 4 is 5.97 Å². The second-order valence-electron chi connectivity index (χ2n) is 9.97. The molecule has 0 N–H and O–H groups in total. The number of hydrogen-bond acceptors (Lipinski definition) is 2. The molecular weight excluding hydrogens is 308 g/mol. The SMILES string of the molecule is C/C=C1/CC[C@@H]2[C@H]3CC[C@H]4C[C@@H](OC(C)=O)CC[C@]4(C)[C@@H]3CC[C@@]12C. The fraction of sp³-hybridized carbons (Fsp3) is 0.870. The summed E-state index contributed by atoms with van der Waals surface area (Å²) in [4.78, 5) is 11.4. The Morgan fingerprint density at radius 2 is 1.88 bits per heavy atom. The highest BCUT2D eigenvalue weighted by Gasteiger charge is 2.59. The van der Waals surface area contributed by atoms with Crippen LogP contribution < -0.4 is 0 Å². The normalized spacial score (nSPS) is 50.7. The molecule has 140 valence electrons. The lowest BCUT2D eigenvalue weighted by Gasteiger charge is -2.60. The molecule has 4 aliphatic rings. The number of carbonyl (C=O) groups excluding carboxylic acids is 1. The van der Waals surface area contributed by atoms with E-state index in [0.29, 0.717) is 10.8 Å². The van der Waals surface area contributed by atoms with Crippen LogP contribution in [-0.2, 0) is 9.53 Å². The topological polar surface area (TPSA) is 26.3 Å². The van der Waals surface area contributed by atoms with E-state index in [2.05, 4.69) is 26.8 Å². The van der Waals surface area contributed by atoms with Gasteiger partial charge in [-0.05, 0) is 99.2 Å². The van der Waals surface area contributed by atoms with Gasteiger partial charge < -0.3 is 4.74 Å². The Balaban J connectivity index is 1.55. The van der Waals surface area contributed by atoms with Gasteiger partial charge in [0.1, 0.15) is 6.10 Å². The molecule has 25 heavy (non-hydrogen) atoms. The minimum atomic E-state index is -0.0967. The number of esters is 1. The van der Waals surface area contributed by atoms with E-state index in [1.54, 1.807) is 12.5 Å². The highest BCUT2D eigenvalue weighted by Crippen LogP contribution is 2.67. The van der Waals surface area contributed by atoms with Gasteiger partial charge in [0.15, 0.2) is 0 Å². The molecule has 2 nitrogen and oxygen atoms in total. The highest BCUT2D eigenvalue weighted by atomic mass is 16.5. The third-order valence-electron chi connectivity index (χ3n) is 9.15. The summed E-state index contributed by atoms with van der Waals surface area (Å²) in [5.41, 5.74) is 2.73. The summed E-state index contributed by atoms with van der Waals surface area (Å²) < 4.78 is 5.59. The van der Waals surface area contributed by atoms with Crippen LogP contribution in [0.3, 0.4) is 0 Å². The van der Waals surface area contributed by atoms with E-state index in [0.717, 1.165) is 36.5 Å². The molecule has 4 saturated carbocycles. The maximum Gasteiger partial charge on any atom is 0.302 e. The summed E-state index contributed by atoms with van der Waals surface area (Å²) in [5.74, 6) is 3.42. The van der Waals surface area contributed by atoms with E-state index in [4.69, 9.17) is 4.74 Å². The molecular formula is C23H36O2. The first kappa shape index (κ1) is 17.6. The van der Waals surface area contributed by atoms with Gasteiger partial charge in [0, 0.05) is 6.92 Å². The van der Waals surface area contributed by atoms with Crippen LogP contribution in [0.1, 0.15) is 85.5 Å². The Morgan fingerprint density at radius 3 is 2.60 bits per heavy atom. The zero-order valence-electron chi connectivity index (χ0n) is 16.6. The molecule has 4 fully saturated rings. The monoisotopic (exact) mass is 344 g/mol. The van der Waals surface area contributed by atoms with Gasteiger partial charge in [0.2, 0.25) is 0 Å². The van der Waals surface area contributed by atoms with Crippen molar-refractivity contribution in [3.05, 3.63) is 11.6 Å². The van der Waals surface area contributed by atoms with Crippen molar-refractivity contribution in [3.8, 4) is 0 Å². The average molecular weight is 345 g/mol. The maximum atomic E-state index is 11.4. The minimum absolute atomic E-state index is 0.0967. The van der Waals surface area contributed by atoms with Crippen LogP contribution in [0.4, 0.5) is 0 Å². The Morgan fingerprint density at radius 1 is 1.08 bits per heavy atom. The van der Waals surface area contributed by atoms with Gasteiger partial charge in [-0.1, -0.05) is 25.5 Å². The lowest BCUT2D eigenvalue weighted by molar-refractivity contribution is -0.158. The fourth-order valence-electron chi connectivity index (χ4n) is 7.88. The zero-order valence-corrected chi connectivity index (χ0v) is 16.6. The Labute approximate surface area is 153 Å².